The van der Waals surface area contributed by atoms with E-state index in [1.165, 1.54) is 10.8 Å². The normalized spacial score (nSPS) is 10.6. The third-order valence-corrected chi connectivity index (χ3v) is 4.33. The van der Waals surface area contributed by atoms with Crippen LogP contribution in [0.5, 0.6) is 0 Å². The van der Waals surface area contributed by atoms with Gasteiger partial charge in [-0.25, -0.2) is 0 Å². The highest BCUT2D eigenvalue weighted by Crippen LogP contribution is 2.27. The first kappa shape index (κ1) is 11.8. The van der Waals surface area contributed by atoms with Gasteiger partial charge in [0.05, 0.1) is 8.07 Å². The third-order valence-electron chi connectivity index (χ3n) is 2.35. The van der Waals surface area contributed by atoms with Crippen LogP contribution < -0.4 is 0 Å². The van der Waals surface area contributed by atoms with Crippen molar-refractivity contribution < 1.29 is 0 Å². The Hall–Kier alpha value is -1.30. The van der Waals surface area contributed by atoms with Gasteiger partial charge < -0.3 is 0 Å². The molecule has 1 heteroatoms. The second-order valence-electron chi connectivity index (χ2n) is 4.65. The van der Waals surface area contributed by atoms with Crippen molar-refractivity contribution in [2.75, 3.05) is 0 Å². The fraction of sp³-hybridized carbons (Fsp3) is 0.214. The molecule has 0 nitrogen and oxygen atoms in total. The first-order valence-corrected chi connectivity index (χ1v) is 8.62. The zero-order valence-electron chi connectivity index (χ0n) is 9.80. The molecule has 0 unspecified atom stereocenters. The predicted octanol–water partition coefficient (Wildman–Crippen LogP) is 4.29. The summed E-state index contributed by atoms with van der Waals surface area (Å²) >= 11 is 0. The Labute approximate surface area is 93.7 Å². The van der Waals surface area contributed by atoms with Gasteiger partial charge >= 0.3 is 0 Å². The lowest BCUT2D eigenvalue weighted by atomic mass is 10.1. The van der Waals surface area contributed by atoms with Crippen LogP contribution in [-0.2, 0) is 0 Å². The van der Waals surface area contributed by atoms with Crippen LogP contribution in [0.3, 0.4) is 0 Å². The van der Waals surface area contributed by atoms with Crippen molar-refractivity contribution in [3.8, 4) is 0 Å². The van der Waals surface area contributed by atoms with E-state index in [1.807, 2.05) is 18.2 Å². The standard InChI is InChI=1S/C14H18Si/c1-6-14(15(3,4)5)12(2)13-10-8-7-9-11-13/h7-11H,1-2H2,3-5H3. The molecule has 1 aromatic rings. The van der Waals surface area contributed by atoms with E-state index in [1.54, 1.807) is 0 Å². The summed E-state index contributed by atoms with van der Waals surface area (Å²) in [5.74, 6) is 0. The molecule has 0 heterocycles. The molecule has 0 aliphatic rings. The molecular formula is C14H18Si. The van der Waals surface area contributed by atoms with Gasteiger partial charge in [0, 0.05) is 0 Å². The first-order valence-electron chi connectivity index (χ1n) is 5.12. The van der Waals surface area contributed by atoms with E-state index in [4.69, 9.17) is 0 Å². The van der Waals surface area contributed by atoms with Gasteiger partial charge in [-0.2, -0.15) is 0 Å². The second kappa shape index (κ2) is 4.48. The average Bonchev–Trinajstić information content (AvgIpc) is 2.18. The highest BCUT2D eigenvalue weighted by molar-refractivity contribution is 6.85. The molecule has 0 saturated carbocycles. The van der Waals surface area contributed by atoms with E-state index in [2.05, 4.69) is 50.7 Å². The molecule has 0 amide bonds. The zero-order valence-corrected chi connectivity index (χ0v) is 10.8. The molecule has 0 aliphatic heterocycles. The van der Waals surface area contributed by atoms with E-state index in [9.17, 15) is 0 Å². The number of hydrogen-bond acceptors (Lipinski definition) is 0. The number of benzene rings is 1. The molecule has 0 aromatic heterocycles. The third kappa shape index (κ3) is 2.82. The van der Waals surface area contributed by atoms with Crippen molar-refractivity contribution in [1.82, 2.24) is 0 Å². The Morgan fingerprint density at radius 2 is 1.67 bits per heavy atom. The topological polar surface area (TPSA) is 0 Å². The maximum Gasteiger partial charge on any atom is 0.0883 e. The fourth-order valence-corrected chi connectivity index (χ4v) is 3.19. The van der Waals surface area contributed by atoms with Crippen molar-refractivity contribution >= 4 is 13.6 Å². The lowest BCUT2D eigenvalue weighted by molar-refractivity contribution is 1.59. The summed E-state index contributed by atoms with van der Waals surface area (Å²) in [7, 11) is -1.39. The summed E-state index contributed by atoms with van der Waals surface area (Å²) in [6.45, 7) is 14.8. The number of allylic oxidation sites excluding steroid dienone is 2. The van der Waals surface area contributed by atoms with Gasteiger partial charge in [0.15, 0.2) is 0 Å². The molecule has 0 fully saturated rings. The maximum atomic E-state index is 4.16. The summed E-state index contributed by atoms with van der Waals surface area (Å²) < 4.78 is 0. The zero-order chi connectivity index (χ0) is 11.5. The number of rotatable bonds is 3. The van der Waals surface area contributed by atoms with Crippen LogP contribution in [0.1, 0.15) is 5.56 Å². The lowest BCUT2D eigenvalue weighted by Crippen LogP contribution is -2.24. The van der Waals surface area contributed by atoms with Crippen molar-refractivity contribution in [3.63, 3.8) is 0 Å². The minimum Gasteiger partial charge on any atom is -0.129 e. The van der Waals surface area contributed by atoms with Gasteiger partial charge in [-0.15, -0.1) is 5.73 Å². The minimum absolute atomic E-state index is 1.07. The van der Waals surface area contributed by atoms with E-state index in [-0.39, 0.29) is 0 Å². The van der Waals surface area contributed by atoms with E-state index in [0.717, 1.165) is 5.57 Å². The van der Waals surface area contributed by atoms with Crippen molar-refractivity contribution in [3.05, 3.63) is 60.0 Å². The Morgan fingerprint density at radius 1 is 1.13 bits per heavy atom. The molecular weight excluding hydrogens is 196 g/mol. The minimum atomic E-state index is -1.39. The molecule has 15 heavy (non-hydrogen) atoms. The Morgan fingerprint density at radius 3 is 2.07 bits per heavy atom. The van der Waals surface area contributed by atoms with E-state index < -0.39 is 8.07 Å². The molecule has 1 aromatic carbocycles. The van der Waals surface area contributed by atoms with E-state index in [0.29, 0.717) is 0 Å². The molecule has 0 saturated heterocycles. The van der Waals surface area contributed by atoms with Crippen molar-refractivity contribution in [2.24, 2.45) is 0 Å². The van der Waals surface area contributed by atoms with Crippen LogP contribution in [0.25, 0.3) is 5.57 Å². The van der Waals surface area contributed by atoms with Crippen LogP contribution in [0.15, 0.2) is 54.4 Å². The predicted molar refractivity (Wildman–Crippen MR) is 71.5 cm³/mol. The van der Waals surface area contributed by atoms with Gasteiger partial charge in [0.1, 0.15) is 0 Å². The Balaban J connectivity index is 3.11. The summed E-state index contributed by atoms with van der Waals surface area (Å²) in [6, 6.07) is 10.2. The lowest BCUT2D eigenvalue weighted by Gasteiger charge is -2.21. The maximum absolute atomic E-state index is 4.16. The largest absolute Gasteiger partial charge is 0.129 e. The van der Waals surface area contributed by atoms with Crippen LogP contribution in [0, 0.1) is 0 Å². The molecule has 0 N–H and O–H groups in total. The highest BCUT2D eigenvalue weighted by atomic mass is 28.3. The Bertz CT molecular complexity index is 401. The summed E-state index contributed by atoms with van der Waals surface area (Å²) in [5.41, 5.74) is 5.32. The van der Waals surface area contributed by atoms with E-state index >= 15 is 0 Å². The van der Waals surface area contributed by atoms with Crippen molar-refractivity contribution in [2.45, 2.75) is 19.6 Å². The fourth-order valence-electron chi connectivity index (χ4n) is 1.61. The van der Waals surface area contributed by atoms with Crippen LogP contribution in [0.2, 0.25) is 19.6 Å². The SMILES string of the molecule is C=C=C(C(=C)c1ccccc1)[Si](C)(C)C. The van der Waals surface area contributed by atoms with Crippen LogP contribution >= 0.6 is 0 Å². The highest BCUT2D eigenvalue weighted by Gasteiger charge is 2.22. The summed E-state index contributed by atoms with van der Waals surface area (Å²) in [5, 5.41) is 1.22. The molecule has 0 bridgehead atoms. The summed E-state index contributed by atoms with van der Waals surface area (Å²) in [6.07, 6.45) is 0. The monoisotopic (exact) mass is 214 g/mol. The second-order valence-corrected chi connectivity index (χ2v) is 9.65. The Kier molecular flexibility index (Phi) is 3.51. The van der Waals surface area contributed by atoms with Gasteiger partial charge in [0.25, 0.3) is 0 Å². The van der Waals surface area contributed by atoms with Gasteiger partial charge in [-0.1, -0.05) is 63.1 Å². The molecule has 0 atom stereocenters. The molecule has 0 spiro atoms. The molecule has 78 valence electrons. The molecule has 1 rings (SSSR count). The smallest absolute Gasteiger partial charge is 0.0883 e. The van der Waals surface area contributed by atoms with Gasteiger partial charge in [-0.3, -0.25) is 0 Å². The van der Waals surface area contributed by atoms with Crippen molar-refractivity contribution in [1.29, 1.82) is 0 Å². The van der Waals surface area contributed by atoms with Gasteiger partial charge in [0.2, 0.25) is 0 Å². The summed E-state index contributed by atoms with van der Waals surface area (Å²) in [4.78, 5) is 0. The molecule has 0 aliphatic carbocycles. The average molecular weight is 214 g/mol. The number of hydrogen-bond donors (Lipinski definition) is 0. The molecule has 0 radical (unpaired) electrons. The van der Waals surface area contributed by atoms with Gasteiger partial charge in [-0.05, 0) is 16.3 Å². The first-order chi connectivity index (χ1) is 6.96. The quantitative estimate of drug-likeness (QED) is 0.400. The van der Waals surface area contributed by atoms with Crippen LogP contribution in [-0.4, -0.2) is 8.07 Å². The van der Waals surface area contributed by atoms with Crippen LogP contribution in [0.4, 0.5) is 0 Å².